The van der Waals surface area contributed by atoms with Crippen LogP contribution in [0.3, 0.4) is 0 Å². The van der Waals surface area contributed by atoms with Crippen molar-refractivity contribution in [3.63, 3.8) is 0 Å². The monoisotopic (exact) mass is 327 g/mol. The van der Waals surface area contributed by atoms with Gasteiger partial charge in [-0.05, 0) is 37.0 Å². The van der Waals surface area contributed by atoms with Crippen LogP contribution in [0, 0.1) is 5.92 Å². The van der Waals surface area contributed by atoms with Crippen LogP contribution in [0.1, 0.15) is 24.8 Å². The van der Waals surface area contributed by atoms with Crippen LogP contribution in [-0.2, 0) is 15.3 Å². The van der Waals surface area contributed by atoms with E-state index in [0.717, 1.165) is 17.7 Å². The number of halogens is 1. The first-order valence-electron chi connectivity index (χ1n) is 6.89. The molecule has 1 aliphatic rings. The van der Waals surface area contributed by atoms with E-state index in [-0.39, 0.29) is 17.9 Å². The van der Waals surface area contributed by atoms with E-state index in [4.69, 9.17) is 16.7 Å². The number of benzene rings is 1. The van der Waals surface area contributed by atoms with Gasteiger partial charge in [0, 0.05) is 16.8 Å². The molecule has 0 saturated heterocycles. The number of hydrogen-bond donors (Lipinski definition) is 2. The van der Waals surface area contributed by atoms with Crippen LogP contribution in [-0.4, -0.2) is 28.8 Å². The van der Waals surface area contributed by atoms with Crippen LogP contribution in [0.2, 0.25) is 5.02 Å². The summed E-state index contributed by atoms with van der Waals surface area (Å²) in [7, 11) is 0. The Morgan fingerprint density at radius 1 is 1.29 bits per heavy atom. The molecule has 2 N–H and O–H groups in total. The van der Waals surface area contributed by atoms with E-state index in [0.29, 0.717) is 23.6 Å². The lowest BCUT2D eigenvalue weighted by molar-refractivity contribution is -0.141. The Labute approximate surface area is 133 Å². The highest BCUT2D eigenvalue weighted by molar-refractivity contribution is 7.99. The third-order valence-electron chi connectivity index (χ3n) is 3.56. The number of hydrogen-bond acceptors (Lipinski definition) is 3. The molecule has 0 radical (unpaired) electrons. The predicted molar refractivity (Wildman–Crippen MR) is 84.5 cm³/mol. The number of carboxylic acid groups (broad SMARTS) is 1. The maximum Gasteiger partial charge on any atom is 0.306 e. The molecule has 1 fully saturated rings. The minimum absolute atomic E-state index is 0.00901. The van der Waals surface area contributed by atoms with Gasteiger partial charge >= 0.3 is 5.97 Å². The van der Waals surface area contributed by atoms with Gasteiger partial charge in [0.05, 0.1) is 11.7 Å². The highest BCUT2D eigenvalue weighted by Gasteiger charge is 2.30. The van der Waals surface area contributed by atoms with Crippen molar-refractivity contribution >= 4 is 35.2 Å². The van der Waals surface area contributed by atoms with Gasteiger partial charge in [-0.3, -0.25) is 9.59 Å². The topological polar surface area (TPSA) is 66.4 Å². The molecule has 114 valence electrons. The Bertz CT molecular complexity index is 506. The molecule has 0 unspecified atom stereocenters. The highest BCUT2D eigenvalue weighted by atomic mass is 35.5. The number of nitrogens with one attached hydrogen (secondary N) is 1. The minimum atomic E-state index is -0.760. The lowest BCUT2D eigenvalue weighted by Crippen LogP contribution is -2.34. The summed E-state index contributed by atoms with van der Waals surface area (Å²) in [4.78, 5) is 22.7. The van der Waals surface area contributed by atoms with Crippen LogP contribution < -0.4 is 5.32 Å². The molecule has 21 heavy (non-hydrogen) atoms. The first kappa shape index (κ1) is 16.2. The maximum absolute atomic E-state index is 11.8. The lowest BCUT2D eigenvalue weighted by atomic mass is 10.1. The summed E-state index contributed by atoms with van der Waals surface area (Å²) >= 11 is 7.35. The second kappa shape index (κ2) is 7.71. The fourth-order valence-corrected chi connectivity index (χ4v) is 3.37. The summed E-state index contributed by atoms with van der Waals surface area (Å²) < 4.78 is 0. The van der Waals surface area contributed by atoms with E-state index >= 15 is 0 Å². The molecule has 2 atom stereocenters. The lowest BCUT2D eigenvalue weighted by Gasteiger charge is -2.12. The van der Waals surface area contributed by atoms with Crippen molar-refractivity contribution in [2.24, 2.45) is 5.92 Å². The zero-order chi connectivity index (χ0) is 15.2. The van der Waals surface area contributed by atoms with Crippen molar-refractivity contribution in [2.75, 3.05) is 5.75 Å². The summed E-state index contributed by atoms with van der Waals surface area (Å²) in [6.07, 6.45) is 1.95. The van der Waals surface area contributed by atoms with Crippen molar-refractivity contribution in [3.05, 3.63) is 34.9 Å². The summed E-state index contributed by atoms with van der Waals surface area (Å²) in [6.45, 7) is 0. The molecular formula is C15H18ClNO3S. The molecule has 1 aromatic rings. The normalized spacial score (nSPS) is 21.2. The summed E-state index contributed by atoms with van der Waals surface area (Å²) in [6, 6.07) is 7.57. The van der Waals surface area contributed by atoms with Crippen LogP contribution in [0.25, 0.3) is 0 Å². The van der Waals surface area contributed by atoms with Gasteiger partial charge < -0.3 is 10.4 Å². The van der Waals surface area contributed by atoms with Crippen molar-refractivity contribution in [1.29, 1.82) is 0 Å². The quantitative estimate of drug-likeness (QED) is 0.843. The van der Waals surface area contributed by atoms with E-state index < -0.39 is 5.97 Å². The van der Waals surface area contributed by atoms with Gasteiger partial charge in [0.25, 0.3) is 0 Å². The molecule has 1 aromatic carbocycles. The Kier molecular flexibility index (Phi) is 5.94. The summed E-state index contributed by atoms with van der Waals surface area (Å²) in [5.74, 6) is 0.0510. The standard InChI is InChI=1S/C15H18ClNO3S/c16-12-4-1-10(2-5-12)8-21-9-14(18)17-13-6-3-11(7-13)15(19)20/h1-2,4-5,11,13H,3,6-9H2,(H,17,18)(H,19,20)/t11-,13+/m1/s1. The molecule has 4 nitrogen and oxygen atoms in total. The molecule has 1 amide bonds. The van der Waals surface area contributed by atoms with Crippen LogP contribution in [0.5, 0.6) is 0 Å². The fourth-order valence-electron chi connectivity index (χ4n) is 2.45. The van der Waals surface area contributed by atoms with Gasteiger partial charge in [-0.2, -0.15) is 0 Å². The number of aliphatic carboxylic acids is 1. The van der Waals surface area contributed by atoms with Gasteiger partial charge in [-0.15, -0.1) is 11.8 Å². The fraction of sp³-hybridized carbons (Fsp3) is 0.467. The minimum Gasteiger partial charge on any atom is -0.481 e. The van der Waals surface area contributed by atoms with Crippen LogP contribution in [0.15, 0.2) is 24.3 Å². The summed E-state index contributed by atoms with van der Waals surface area (Å²) in [5, 5.41) is 12.5. The zero-order valence-electron chi connectivity index (χ0n) is 11.5. The maximum atomic E-state index is 11.8. The molecular weight excluding hydrogens is 310 g/mol. The van der Waals surface area contributed by atoms with Gasteiger partial charge in [0.2, 0.25) is 5.91 Å². The van der Waals surface area contributed by atoms with Gasteiger partial charge in [-0.25, -0.2) is 0 Å². The first-order valence-corrected chi connectivity index (χ1v) is 8.42. The van der Waals surface area contributed by atoms with Crippen molar-refractivity contribution in [1.82, 2.24) is 5.32 Å². The second-order valence-corrected chi connectivity index (χ2v) is 6.65. The van der Waals surface area contributed by atoms with Crippen molar-refractivity contribution < 1.29 is 14.7 Å². The van der Waals surface area contributed by atoms with E-state index in [2.05, 4.69) is 5.32 Å². The third-order valence-corrected chi connectivity index (χ3v) is 4.82. The van der Waals surface area contributed by atoms with Crippen LogP contribution in [0.4, 0.5) is 0 Å². The van der Waals surface area contributed by atoms with Gasteiger partial charge in [-0.1, -0.05) is 23.7 Å². The molecule has 1 saturated carbocycles. The molecule has 0 spiro atoms. The molecule has 0 aliphatic heterocycles. The Morgan fingerprint density at radius 2 is 2.00 bits per heavy atom. The number of carbonyl (C=O) groups excluding carboxylic acids is 1. The van der Waals surface area contributed by atoms with Gasteiger partial charge in [0.1, 0.15) is 0 Å². The average molecular weight is 328 g/mol. The van der Waals surface area contributed by atoms with E-state index in [1.165, 1.54) is 11.8 Å². The smallest absolute Gasteiger partial charge is 0.306 e. The number of carboxylic acids is 1. The van der Waals surface area contributed by atoms with E-state index in [1.807, 2.05) is 24.3 Å². The van der Waals surface area contributed by atoms with E-state index in [9.17, 15) is 9.59 Å². The first-order chi connectivity index (χ1) is 10.0. The largest absolute Gasteiger partial charge is 0.481 e. The highest BCUT2D eigenvalue weighted by Crippen LogP contribution is 2.25. The Balaban J connectivity index is 1.66. The summed E-state index contributed by atoms with van der Waals surface area (Å²) in [5.41, 5.74) is 1.13. The average Bonchev–Trinajstić information content (AvgIpc) is 2.90. The van der Waals surface area contributed by atoms with Crippen LogP contribution >= 0.6 is 23.4 Å². The van der Waals surface area contributed by atoms with E-state index in [1.54, 1.807) is 0 Å². The second-order valence-electron chi connectivity index (χ2n) is 5.23. The number of carbonyl (C=O) groups is 2. The third kappa shape index (κ3) is 5.25. The Hall–Kier alpha value is -1.20. The number of rotatable bonds is 6. The predicted octanol–water partition coefficient (Wildman–Crippen LogP) is 2.94. The SMILES string of the molecule is O=C(CSCc1ccc(Cl)cc1)N[C@H]1CC[C@@H](C(=O)O)C1. The number of thioether (sulfide) groups is 1. The molecule has 0 heterocycles. The van der Waals surface area contributed by atoms with Gasteiger partial charge in [0.15, 0.2) is 0 Å². The zero-order valence-corrected chi connectivity index (χ0v) is 13.1. The molecule has 0 bridgehead atoms. The molecule has 2 rings (SSSR count). The molecule has 1 aliphatic carbocycles. The Morgan fingerprint density at radius 3 is 2.62 bits per heavy atom. The van der Waals surface area contributed by atoms with Crippen molar-refractivity contribution in [3.8, 4) is 0 Å². The number of amides is 1. The molecule has 0 aromatic heterocycles. The molecule has 6 heteroatoms. The van der Waals surface area contributed by atoms with Crippen molar-refractivity contribution in [2.45, 2.75) is 31.1 Å².